The molecule has 2 aromatic rings. The largest absolute Gasteiger partial charge is 0.348 e. The number of hydrogen-bond donors (Lipinski definition) is 2. The van der Waals surface area contributed by atoms with Crippen LogP contribution in [0.1, 0.15) is 23.2 Å². The van der Waals surface area contributed by atoms with Crippen LogP contribution >= 0.6 is 0 Å². The molecular weight excluding hydrogens is 252 g/mol. The van der Waals surface area contributed by atoms with E-state index in [9.17, 15) is 4.79 Å². The molecule has 0 saturated carbocycles. The predicted octanol–water partition coefficient (Wildman–Crippen LogP) is 1.39. The topological polar surface area (TPSA) is 61.0 Å². The van der Waals surface area contributed by atoms with E-state index in [4.69, 9.17) is 0 Å². The minimum Gasteiger partial charge on any atom is -0.348 e. The summed E-state index contributed by atoms with van der Waals surface area (Å²) < 4.78 is 0. The average Bonchev–Trinajstić information content (AvgIpc) is 3.04. The van der Waals surface area contributed by atoms with Crippen molar-refractivity contribution < 1.29 is 4.79 Å². The van der Waals surface area contributed by atoms with Gasteiger partial charge in [-0.3, -0.25) is 9.89 Å². The number of rotatable bonds is 2. The van der Waals surface area contributed by atoms with Crippen LogP contribution < -0.4 is 5.32 Å². The van der Waals surface area contributed by atoms with Gasteiger partial charge >= 0.3 is 0 Å². The molecule has 2 aliphatic rings. The molecule has 104 valence electrons. The van der Waals surface area contributed by atoms with E-state index >= 15 is 0 Å². The first-order valence-electron chi connectivity index (χ1n) is 7.24. The first-order valence-corrected chi connectivity index (χ1v) is 7.24. The molecule has 0 aliphatic carbocycles. The molecule has 1 aromatic carbocycles. The van der Waals surface area contributed by atoms with Crippen LogP contribution in [0.2, 0.25) is 0 Å². The summed E-state index contributed by atoms with van der Waals surface area (Å²) in [5.74, 6) is 0.797. The van der Waals surface area contributed by atoms with E-state index < -0.39 is 0 Å². The van der Waals surface area contributed by atoms with Gasteiger partial charge in [0.05, 0.1) is 11.7 Å². The van der Waals surface area contributed by atoms with Gasteiger partial charge in [-0.25, -0.2) is 0 Å². The van der Waals surface area contributed by atoms with Crippen LogP contribution in [-0.4, -0.2) is 46.7 Å². The highest BCUT2D eigenvalue weighted by Gasteiger charge is 2.32. The van der Waals surface area contributed by atoms with Gasteiger partial charge in [-0.1, -0.05) is 0 Å². The summed E-state index contributed by atoms with van der Waals surface area (Å²) in [4.78, 5) is 14.8. The van der Waals surface area contributed by atoms with Gasteiger partial charge in [-0.05, 0) is 43.5 Å². The number of amides is 1. The highest BCUT2D eigenvalue weighted by molar-refractivity contribution is 5.98. The molecule has 2 aliphatic heterocycles. The Kier molecular flexibility index (Phi) is 2.73. The number of hydrogen-bond acceptors (Lipinski definition) is 3. The molecular formula is C15H18N4O. The van der Waals surface area contributed by atoms with Crippen molar-refractivity contribution in [2.45, 2.75) is 18.9 Å². The lowest BCUT2D eigenvalue weighted by Gasteiger charge is -2.30. The maximum atomic E-state index is 12.4. The van der Waals surface area contributed by atoms with Crippen LogP contribution in [0.15, 0.2) is 24.4 Å². The maximum Gasteiger partial charge on any atom is 0.251 e. The summed E-state index contributed by atoms with van der Waals surface area (Å²) in [6, 6.07) is 5.95. The van der Waals surface area contributed by atoms with E-state index in [0.29, 0.717) is 11.6 Å². The maximum absolute atomic E-state index is 12.4. The monoisotopic (exact) mass is 270 g/mol. The first kappa shape index (κ1) is 11.9. The second-order valence-corrected chi connectivity index (χ2v) is 5.99. The number of fused-ring (bicyclic) bond motifs is 3. The molecule has 2 saturated heterocycles. The first-order chi connectivity index (χ1) is 9.78. The van der Waals surface area contributed by atoms with Gasteiger partial charge in [0.2, 0.25) is 0 Å². The highest BCUT2D eigenvalue weighted by atomic mass is 16.1. The van der Waals surface area contributed by atoms with Gasteiger partial charge in [0.25, 0.3) is 5.91 Å². The zero-order valence-electron chi connectivity index (χ0n) is 11.3. The Hall–Kier alpha value is -1.88. The molecule has 2 bridgehead atoms. The Balaban J connectivity index is 1.49. The van der Waals surface area contributed by atoms with Crippen molar-refractivity contribution in [3.63, 3.8) is 0 Å². The number of H-pyrrole nitrogens is 1. The number of nitrogens with zero attached hydrogens (tertiary/aromatic N) is 2. The van der Waals surface area contributed by atoms with Gasteiger partial charge < -0.3 is 10.2 Å². The van der Waals surface area contributed by atoms with E-state index in [1.807, 2.05) is 18.2 Å². The van der Waals surface area contributed by atoms with Crippen molar-refractivity contribution in [1.29, 1.82) is 0 Å². The van der Waals surface area contributed by atoms with Crippen LogP contribution in [-0.2, 0) is 0 Å². The number of carbonyl (C=O) groups is 1. The number of carbonyl (C=O) groups excluding carboxylic acids is 1. The summed E-state index contributed by atoms with van der Waals surface area (Å²) in [5, 5.41) is 11.0. The Bertz CT molecular complexity index is 638. The second-order valence-electron chi connectivity index (χ2n) is 5.99. The minimum absolute atomic E-state index is 0.0283. The second kappa shape index (κ2) is 4.59. The summed E-state index contributed by atoms with van der Waals surface area (Å²) in [7, 11) is 0. The molecule has 4 rings (SSSR count). The molecule has 0 spiro atoms. The molecule has 1 amide bonds. The van der Waals surface area contributed by atoms with E-state index in [1.165, 1.54) is 19.5 Å². The third-order valence-electron chi connectivity index (χ3n) is 4.50. The normalized spacial score (nSPS) is 28.7. The number of piperidine rings is 1. The van der Waals surface area contributed by atoms with Crippen LogP contribution in [0.5, 0.6) is 0 Å². The molecule has 1 unspecified atom stereocenters. The van der Waals surface area contributed by atoms with Gasteiger partial charge in [0.15, 0.2) is 0 Å². The molecule has 3 atom stereocenters. The Labute approximate surface area is 117 Å². The molecule has 5 nitrogen and oxygen atoms in total. The molecule has 0 radical (unpaired) electrons. The van der Waals surface area contributed by atoms with Crippen molar-refractivity contribution >= 4 is 16.8 Å². The van der Waals surface area contributed by atoms with E-state index in [0.717, 1.165) is 29.8 Å². The average molecular weight is 270 g/mol. The van der Waals surface area contributed by atoms with Crippen molar-refractivity contribution in [3.05, 3.63) is 30.0 Å². The number of benzene rings is 1. The summed E-state index contributed by atoms with van der Waals surface area (Å²) >= 11 is 0. The fraction of sp³-hybridized carbons (Fsp3) is 0.467. The van der Waals surface area contributed by atoms with Gasteiger partial charge in [-0.15, -0.1) is 0 Å². The fourth-order valence-corrected chi connectivity index (χ4v) is 3.52. The standard InChI is InChI=1S/C15H18N4O/c20-15(11-1-2-14-12(6-11)7-16-18-14)17-13-5-10-3-4-19(8-10)9-13/h1-2,6-7,10,13H,3-5,8-9H2,(H,16,18)(H,17,20)/t10-,13+/m0/s1. The van der Waals surface area contributed by atoms with Crippen LogP contribution in [0.4, 0.5) is 0 Å². The number of aromatic nitrogens is 2. The molecule has 1 aromatic heterocycles. The third-order valence-corrected chi connectivity index (χ3v) is 4.50. The smallest absolute Gasteiger partial charge is 0.251 e. The molecule has 3 heterocycles. The van der Waals surface area contributed by atoms with Crippen LogP contribution in [0.3, 0.4) is 0 Å². The van der Waals surface area contributed by atoms with Gasteiger partial charge in [0.1, 0.15) is 0 Å². The lowest BCUT2D eigenvalue weighted by molar-refractivity contribution is 0.0909. The summed E-state index contributed by atoms with van der Waals surface area (Å²) in [6.07, 6.45) is 4.15. The van der Waals surface area contributed by atoms with Crippen molar-refractivity contribution in [2.75, 3.05) is 19.6 Å². The zero-order chi connectivity index (χ0) is 13.5. The van der Waals surface area contributed by atoms with Crippen molar-refractivity contribution in [1.82, 2.24) is 20.4 Å². The SMILES string of the molecule is O=C(N[C@@H]1C[C@@H]2CCN(C2)C1)c1ccc2[nH]ncc2c1. The van der Waals surface area contributed by atoms with Crippen LogP contribution in [0.25, 0.3) is 10.9 Å². The zero-order valence-corrected chi connectivity index (χ0v) is 11.3. The van der Waals surface area contributed by atoms with E-state index in [2.05, 4.69) is 20.4 Å². The Morgan fingerprint density at radius 2 is 2.35 bits per heavy atom. The Morgan fingerprint density at radius 1 is 1.40 bits per heavy atom. The van der Waals surface area contributed by atoms with Gasteiger partial charge in [-0.2, -0.15) is 5.10 Å². The lowest BCUT2D eigenvalue weighted by atomic mass is 9.96. The van der Waals surface area contributed by atoms with E-state index in [1.54, 1.807) is 6.20 Å². The summed E-state index contributed by atoms with van der Waals surface area (Å²) in [5.41, 5.74) is 1.68. The van der Waals surface area contributed by atoms with Crippen LogP contribution in [0, 0.1) is 5.92 Å². The van der Waals surface area contributed by atoms with Crippen molar-refractivity contribution in [2.24, 2.45) is 5.92 Å². The molecule has 20 heavy (non-hydrogen) atoms. The lowest BCUT2D eigenvalue weighted by Crippen LogP contribution is -2.47. The molecule has 2 fully saturated rings. The molecule has 2 N–H and O–H groups in total. The third kappa shape index (κ3) is 2.08. The van der Waals surface area contributed by atoms with E-state index in [-0.39, 0.29) is 5.91 Å². The fourth-order valence-electron chi connectivity index (χ4n) is 3.52. The Morgan fingerprint density at radius 3 is 3.25 bits per heavy atom. The number of nitrogens with one attached hydrogen (secondary N) is 2. The molecule has 5 heteroatoms. The predicted molar refractivity (Wildman–Crippen MR) is 76.5 cm³/mol. The van der Waals surface area contributed by atoms with Gasteiger partial charge in [0, 0.05) is 30.1 Å². The minimum atomic E-state index is 0.0283. The van der Waals surface area contributed by atoms with Crippen molar-refractivity contribution in [3.8, 4) is 0 Å². The highest BCUT2D eigenvalue weighted by Crippen LogP contribution is 2.26. The summed E-state index contributed by atoms with van der Waals surface area (Å²) in [6.45, 7) is 3.40. The quantitative estimate of drug-likeness (QED) is 0.867. The number of aromatic amines is 1.